The van der Waals surface area contributed by atoms with Crippen molar-refractivity contribution in [2.45, 2.75) is 38.0 Å². The fourth-order valence-corrected chi connectivity index (χ4v) is 2.52. The molecule has 18 heavy (non-hydrogen) atoms. The fraction of sp³-hybridized carbons (Fsp3) is 0.571. The lowest BCUT2D eigenvalue weighted by Crippen LogP contribution is -2.29. The molecule has 0 spiro atoms. The first kappa shape index (κ1) is 13.3. The van der Waals surface area contributed by atoms with Gasteiger partial charge in [-0.15, -0.1) is 0 Å². The lowest BCUT2D eigenvalue weighted by molar-refractivity contribution is 0.0332. The maximum Gasteiger partial charge on any atom is 0.165 e. The zero-order chi connectivity index (χ0) is 13.1. The average Bonchev–Trinajstić information content (AvgIpc) is 2.77. The molecule has 1 aliphatic heterocycles. The predicted octanol–water partition coefficient (Wildman–Crippen LogP) is 2.66. The third-order valence-electron chi connectivity index (χ3n) is 3.48. The van der Waals surface area contributed by atoms with Crippen molar-refractivity contribution in [2.75, 3.05) is 14.2 Å². The molecule has 1 fully saturated rings. The number of hydrogen-bond donors (Lipinski definition) is 1. The number of likely N-dealkylation sites (N-methyl/N-ethyl adjacent to an activating group) is 1. The summed E-state index contributed by atoms with van der Waals surface area (Å²) in [4.78, 5) is 0. The maximum absolute atomic E-state index is 13.7. The summed E-state index contributed by atoms with van der Waals surface area (Å²) in [5.74, 6) is -0.0596. The predicted molar refractivity (Wildman–Crippen MR) is 68.3 cm³/mol. The van der Waals surface area contributed by atoms with Crippen molar-refractivity contribution in [3.05, 3.63) is 29.6 Å². The summed E-state index contributed by atoms with van der Waals surface area (Å²) < 4.78 is 24.5. The molecule has 0 bridgehead atoms. The molecular weight excluding hydrogens is 233 g/mol. The van der Waals surface area contributed by atoms with Crippen molar-refractivity contribution < 1.29 is 13.9 Å². The molecule has 4 heteroatoms. The van der Waals surface area contributed by atoms with Gasteiger partial charge in [-0.3, -0.25) is 0 Å². The summed E-state index contributed by atoms with van der Waals surface area (Å²) in [5.41, 5.74) is 0.898. The van der Waals surface area contributed by atoms with E-state index >= 15 is 0 Å². The molecule has 1 aliphatic rings. The molecule has 3 unspecified atom stereocenters. The molecule has 1 aromatic carbocycles. The van der Waals surface area contributed by atoms with Gasteiger partial charge in [0.1, 0.15) is 0 Å². The van der Waals surface area contributed by atoms with Crippen LogP contribution >= 0.6 is 0 Å². The Morgan fingerprint density at radius 2 is 2.22 bits per heavy atom. The Morgan fingerprint density at radius 3 is 2.72 bits per heavy atom. The summed E-state index contributed by atoms with van der Waals surface area (Å²) in [6.45, 7) is 2.07. The molecule has 3 atom stereocenters. The molecule has 3 nitrogen and oxygen atoms in total. The van der Waals surface area contributed by atoms with Crippen molar-refractivity contribution in [3.8, 4) is 5.75 Å². The van der Waals surface area contributed by atoms with Crippen molar-refractivity contribution in [2.24, 2.45) is 0 Å². The SMILES string of the molecule is CNC(c1ccc(OC)c(F)c1)C1CCC(C)O1. The highest BCUT2D eigenvalue weighted by molar-refractivity contribution is 5.31. The molecule has 2 rings (SSSR count). The number of ether oxygens (including phenoxy) is 2. The van der Waals surface area contributed by atoms with Crippen molar-refractivity contribution in [1.29, 1.82) is 0 Å². The van der Waals surface area contributed by atoms with Gasteiger partial charge >= 0.3 is 0 Å². The van der Waals surface area contributed by atoms with E-state index < -0.39 is 0 Å². The first-order valence-corrected chi connectivity index (χ1v) is 6.32. The first-order chi connectivity index (χ1) is 8.65. The van der Waals surface area contributed by atoms with Gasteiger partial charge in [0, 0.05) is 0 Å². The van der Waals surface area contributed by atoms with Crippen molar-refractivity contribution in [3.63, 3.8) is 0 Å². The van der Waals surface area contributed by atoms with E-state index in [-0.39, 0.29) is 29.8 Å². The monoisotopic (exact) mass is 253 g/mol. The quantitative estimate of drug-likeness (QED) is 0.895. The van der Waals surface area contributed by atoms with Gasteiger partial charge in [-0.25, -0.2) is 4.39 Å². The van der Waals surface area contributed by atoms with Gasteiger partial charge in [0.05, 0.1) is 25.4 Å². The van der Waals surface area contributed by atoms with Gasteiger partial charge in [0.25, 0.3) is 0 Å². The lowest BCUT2D eigenvalue weighted by Gasteiger charge is -2.24. The van der Waals surface area contributed by atoms with Crippen LogP contribution in [0.15, 0.2) is 18.2 Å². The van der Waals surface area contributed by atoms with E-state index in [4.69, 9.17) is 9.47 Å². The molecule has 0 aromatic heterocycles. The summed E-state index contributed by atoms with van der Waals surface area (Å²) in [5, 5.41) is 3.21. The molecule has 1 aromatic rings. The van der Waals surface area contributed by atoms with Gasteiger partial charge in [-0.2, -0.15) is 0 Å². The second-order valence-electron chi connectivity index (χ2n) is 4.72. The summed E-state index contributed by atoms with van der Waals surface area (Å²) in [7, 11) is 3.34. The molecule has 0 amide bonds. The van der Waals surface area contributed by atoms with E-state index in [9.17, 15) is 4.39 Å². The minimum Gasteiger partial charge on any atom is -0.494 e. The second kappa shape index (κ2) is 5.67. The summed E-state index contributed by atoms with van der Waals surface area (Å²) in [6.07, 6.45) is 2.45. The zero-order valence-corrected chi connectivity index (χ0v) is 11.1. The van der Waals surface area contributed by atoms with Gasteiger partial charge in [-0.05, 0) is 44.5 Å². The number of hydrogen-bond acceptors (Lipinski definition) is 3. The number of benzene rings is 1. The van der Waals surface area contributed by atoms with Gasteiger partial charge in [-0.1, -0.05) is 6.07 Å². The van der Waals surface area contributed by atoms with Crippen LogP contribution in [-0.4, -0.2) is 26.4 Å². The third-order valence-corrected chi connectivity index (χ3v) is 3.48. The van der Waals surface area contributed by atoms with Crippen LogP contribution in [0.1, 0.15) is 31.4 Å². The smallest absolute Gasteiger partial charge is 0.165 e. The Hall–Kier alpha value is -1.13. The van der Waals surface area contributed by atoms with Gasteiger partial charge in [0.15, 0.2) is 11.6 Å². The molecule has 1 heterocycles. The molecule has 0 aliphatic carbocycles. The zero-order valence-electron chi connectivity index (χ0n) is 11.1. The van der Waals surface area contributed by atoms with E-state index in [0.29, 0.717) is 0 Å². The van der Waals surface area contributed by atoms with Crippen molar-refractivity contribution in [1.82, 2.24) is 5.32 Å². The van der Waals surface area contributed by atoms with E-state index in [1.165, 1.54) is 13.2 Å². The molecule has 0 saturated carbocycles. The number of halogens is 1. The molecule has 1 saturated heterocycles. The van der Waals surface area contributed by atoms with Crippen LogP contribution in [0.3, 0.4) is 0 Å². The number of rotatable bonds is 4. The lowest BCUT2D eigenvalue weighted by atomic mass is 9.99. The minimum absolute atomic E-state index is 0.0235. The molecule has 100 valence electrons. The fourth-order valence-electron chi connectivity index (χ4n) is 2.52. The van der Waals surface area contributed by atoms with E-state index in [1.807, 2.05) is 13.1 Å². The van der Waals surface area contributed by atoms with Crippen LogP contribution in [0, 0.1) is 5.82 Å². The third kappa shape index (κ3) is 2.65. The summed E-state index contributed by atoms with van der Waals surface area (Å²) >= 11 is 0. The van der Waals surface area contributed by atoms with E-state index in [2.05, 4.69) is 12.2 Å². The van der Waals surface area contributed by atoms with Gasteiger partial charge in [0.2, 0.25) is 0 Å². The largest absolute Gasteiger partial charge is 0.494 e. The Morgan fingerprint density at radius 1 is 1.44 bits per heavy atom. The standard InChI is InChI=1S/C14H20FNO2/c1-9-4-6-13(18-9)14(16-2)10-5-7-12(17-3)11(15)8-10/h5,7-9,13-14,16H,4,6H2,1-3H3. The number of nitrogens with one attached hydrogen (secondary N) is 1. The topological polar surface area (TPSA) is 30.5 Å². The molecule has 1 N–H and O–H groups in total. The highest BCUT2D eigenvalue weighted by Gasteiger charge is 2.30. The minimum atomic E-state index is -0.332. The first-order valence-electron chi connectivity index (χ1n) is 6.32. The average molecular weight is 253 g/mol. The highest BCUT2D eigenvalue weighted by atomic mass is 19.1. The van der Waals surface area contributed by atoms with Crippen LogP contribution in [0.2, 0.25) is 0 Å². The van der Waals surface area contributed by atoms with E-state index in [1.54, 1.807) is 6.07 Å². The normalized spacial score (nSPS) is 25.1. The van der Waals surface area contributed by atoms with Crippen LogP contribution in [0.4, 0.5) is 4.39 Å². The number of methoxy groups -OCH3 is 1. The Kier molecular flexibility index (Phi) is 4.19. The van der Waals surface area contributed by atoms with Crippen molar-refractivity contribution >= 4 is 0 Å². The van der Waals surface area contributed by atoms with Gasteiger partial charge < -0.3 is 14.8 Å². The second-order valence-corrected chi connectivity index (χ2v) is 4.72. The van der Waals surface area contributed by atoms with Crippen LogP contribution in [-0.2, 0) is 4.74 Å². The Labute approximate surface area is 107 Å². The Balaban J connectivity index is 2.19. The van der Waals surface area contributed by atoms with Crippen LogP contribution in [0.25, 0.3) is 0 Å². The highest BCUT2D eigenvalue weighted by Crippen LogP contribution is 2.31. The summed E-state index contributed by atoms with van der Waals surface area (Å²) in [6, 6.07) is 5.09. The maximum atomic E-state index is 13.7. The van der Waals surface area contributed by atoms with Crippen LogP contribution < -0.4 is 10.1 Å². The van der Waals surface area contributed by atoms with Crippen LogP contribution in [0.5, 0.6) is 5.75 Å². The molecule has 0 radical (unpaired) electrons. The molecular formula is C14H20FNO2. The van der Waals surface area contributed by atoms with E-state index in [0.717, 1.165) is 18.4 Å². The Bertz CT molecular complexity index is 411.